The maximum Gasteiger partial charge on any atom is 0.232 e. The van der Waals surface area contributed by atoms with Gasteiger partial charge in [-0.25, -0.2) is 5.01 Å². The van der Waals surface area contributed by atoms with Gasteiger partial charge >= 0.3 is 0 Å². The van der Waals surface area contributed by atoms with Gasteiger partial charge in [0.15, 0.2) is 0 Å². The normalized spacial score (nSPS) is 11.2. The molecule has 1 N–H and O–H groups in total. The number of hydrogen-bond acceptors (Lipinski definition) is 7. The Kier molecular flexibility index (Phi) is 5.53. The Morgan fingerprint density at radius 3 is 2.54 bits per heavy atom. The van der Waals surface area contributed by atoms with Gasteiger partial charge in [-0.05, 0) is 30.3 Å². The second kappa shape index (κ2) is 7.84. The van der Waals surface area contributed by atoms with Crippen molar-refractivity contribution in [2.24, 2.45) is 0 Å². The van der Waals surface area contributed by atoms with E-state index in [1.807, 2.05) is 36.4 Å². The van der Waals surface area contributed by atoms with E-state index in [-0.39, 0.29) is 5.41 Å². The maximum absolute atomic E-state index is 11.6. The van der Waals surface area contributed by atoms with Crippen LogP contribution in [0, 0.1) is 0 Å². The van der Waals surface area contributed by atoms with Crippen LogP contribution in [0.2, 0.25) is 0 Å². The minimum absolute atomic E-state index is 0.0787. The second-order valence-electron chi connectivity index (χ2n) is 6.53. The number of nitrogens with one attached hydrogen (secondary N) is 1. The molecule has 0 aliphatic heterocycles. The number of pyridine rings is 1. The Hall–Kier alpha value is -2.45. The molecule has 3 rings (SSSR count). The largest absolute Gasteiger partial charge is 0.276 e. The zero-order valence-electron chi connectivity index (χ0n) is 14.7. The fraction of sp³-hybridized carbons (Fsp3) is 0.222. The van der Waals surface area contributed by atoms with Crippen LogP contribution in [0.25, 0.3) is 0 Å². The van der Waals surface area contributed by atoms with E-state index in [0.717, 1.165) is 26.9 Å². The highest BCUT2D eigenvalue weighted by atomic mass is 32.2. The molecule has 2 aromatic heterocycles. The number of hydrazine groups is 1. The summed E-state index contributed by atoms with van der Waals surface area (Å²) >= 11 is 3.05. The summed E-state index contributed by atoms with van der Waals surface area (Å²) in [7, 11) is 0. The topological polar surface area (TPSA) is 71.0 Å². The maximum atomic E-state index is 11.6. The zero-order chi connectivity index (χ0) is 18.6. The third-order valence-electron chi connectivity index (χ3n) is 3.37. The van der Waals surface area contributed by atoms with Crippen molar-refractivity contribution >= 4 is 40.3 Å². The van der Waals surface area contributed by atoms with Gasteiger partial charge in [0.05, 0.1) is 5.69 Å². The standard InChI is InChI=1S/C18H19N5OS2/c1-18(2,3)16-20-21-17(26-16)22-23(12-24)13-5-4-6-15(11-13)25-14-7-9-19-10-8-14/h4-12H,1-3H3,(H,21,22). The van der Waals surface area contributed by atoms with Crippen LogP contribution in [0.15, 0.2) is 58.6 Å². The third kappa shape index (κ3) is 4.59. The minimum atomic E-state index is -0.0787. The number of rotatable bonds is 6. The number of hydrogen-bond donors (Lipinski definition) is 1. The van der Waals surface area contributed by atoms with Crippen LogP contribution >= 0.6 is 23.1 Å². The molecule has 0 fully saturated rings. The average Bonchev–Trinajstić information content (AvgIpc) is 3.10. The predicted octanol–water partition coefficient (Wildman–Crippen LogP) is 4.37. The molecule has 0 radical (unpaired) electrons. The van der Waals surface area contributed by atoms with Gasteiger partial charge in [0, 0.05) is 27.6 Å². The van der Waals surface area contributed by atoms with Crippen molar-refractivity contribution in [1.29, 1.82) is 0 Å². The molecule has 0 atom stereocenters. The van der Waals surface area contributed by atoms with E-state index in [0.29, 0.717) is 5.13 Å². The van der Waals surface area contributed by atoms with Gasteiger partial charge in [0.1, 0.15) is 5.01 Å². The summed E-state index contributed by atoms with van der Waals surface area (Å²) < 4.78 is 0. The lowest BCUT2D eigenvalue weighted by Gasteiger charge is -2.18. The summed E-state index contributed by atoms with van der Waals surface area (Å²) in [4.78, 5) is 17.7. The van der Waals surface area contributed by atoms with E-state index in [2.05, 4.69) is 41.4 Å². The quantitative estimate of drug-likeness (QED) is 0.502. The molecule has 0 saturated carbocycles. The SMILES string of the molecule is CC(C)(C)c1nnc(NN(C=O)c2cccc(Sc3ccncc3)c2)s1. The van der Waals surface area contributed by atoms with Crippen LogP contribution in [0.5, 0.6) is 0 Å². The molecule has 134 valence electrons. The average molecular weight is 386 g/mol. The van der Waals surface area contributed by atoms with Gasteiger partial charge in [0.2, 0.25) is 11.5 Å². The van der Waals surface area contributed by atoms with Crippen LogP contribution in [0.4, 0.5) is 10.8 Å². The number of benzene rings is 1. The first-order valence-electron chi connectivity index (χ1n) is 7.99. The summed E-state index contributed by atoms with van der Waals surface area (Å²) in [5.41, 5.74) is 3.67. The van der Waals surface area contributed by atoms with Crippen molar-refractivity contribution in [3.05, 3.63) is 53.8 Å². The van der Waals surface area contributed by atoms with Crippen molar-refractivity contribution in [2.75, 3.05) is 10.4 Å². The molecule has 26 heavy (non-hydrogen) atoms. The van der Waals surface area contributed by atoms with Crippen molar-refractivity contribution in [2.45, 2.75) is 36.0 Å². The highest BCUT2D eigenvalue weighted by Crippen LogP contribution is 2.31. The predicted molar refractivity (Wildman–Crippen MR) is 106 cm³/mol. The first-order chi connectivity index (χ1) is 12.5. The molecule has 0 spiro atoms. The van der Waals surface area contributed by atoms with Crippen LogP contribution in [-0.2, 0) is 10.2 Å². The summed E-state index contributed by atoms with van der Waals surface area (Å²) in [6.07, 6.45) is 4.25. The van der Waals surface area contributed by atoms with Gasteiger partial charge in [-0.1, -0.05) is 49.9 Å². The zero-order valence-corrected chi connectivity index (χ0v) is 16.3. The van der Waals surface area contributed by atoms with E-state index >= 15 is 0 Å². The Bertz CT molecular complexity index is 877. The molecule has 0 aliphatic carbocycles. The lowest BCUT2D eigenvalue weighted by atomic mass is 9.98. The third-order valence-corrected chi connectivity index (χ3v) is 5.62. The first kappa shape index (κ1) is 18.3. The Balaban J connectivity index is 1.77. The van der Waals surface area contributed by atoms with Crippen molar-refractivity contribution in [3.63, 3.8) is 0 Å². The van der Waals surface area contributed by atoms with Crippen molar-refractivity contribution < 1.29 is 4.79 Å². The monoisotopic (exact) mass is 385 g/mol. The second-order valence-corrected chi connectivity index (χ2v) is 8.66. The fourth-order valence-corrected chi connectivity index (χ4v) is 3.72. The molecule has 0 unspecified atom stereocenters. The van der Waals surface area contributed by atoms with Crippen molar-refractivity contribution in [1.82, 2.24) is 15.2 Å². The van der Waals surface area contributed by atoms with Gasteiger partial charge < -0.3 is 0 Å². The minimum Gasteiger partial charge on any atom is -0.276 e. The molecule has 0 bridgehead atoms. The Morgan fingerprint density at radius 1 is 1.12 bits per heavy atom. The fourth-order valence-electron chi connectivity index (χ4n) is 2.07. The molecule has 1 aromatic carbocycles. The van der Waals surface area contributed by atoms with E-state index in [1.54, 1.807) is 24.2 Å². The van der Waals surface area contributed by atoms with Crippen LogP contribution in [0.1, 0.15) is 25.8 Å². The lowest BCUT2D eigenvalue weighted by molar-refractivity contribution is -0.107. The first-order valence-corrected chi connectivity index (χ1v) is 9.62. The molecule has 8 heteroatoms. The van der Waals surface area contributed by atoms with E-state index in [1.165, 1.54) is 16.3 Å². The van der Waals surface area contributed by atoms with Gasteiger partial charge in [-0.2, -0.15) is 0 Å². The molecule has 0 aliphatic rings. The van der Waals surface area contributed by atoms with E-state index in [9.17, 15) is 4.79 Å². The summed E-state index contributed by atoms with van der Waals surface area (Å²) in [6, 6.07) is 11.6. The molecule has 0 saturated heterocycles. The molecule has 3 aromatic rings. The highest BCUT2D eigenvalue weighted by Gasteiger charge is 2.20. The van der Waals surface area contributed by atoms with E-state index in [4.69, 9.17) is 0 Å². The number of carbonyl (C=O) groups excluding carboxylic acids is 1. The van der Waals surface area contributed by atoms with Crippen molar-refractivity contribution in [3.8, 4) is 0 Å². The van der Waals surface area contributed by atoms with Crippen LogP contribution < -0.4 is 10.4 Å². The lowest BCUT2D eigenvalue weighted by Crippen LogP contribution is -2.27. The van der Waals surface area contributed by atoms with Gasteiger partial charge in [-0.3, -0.25) is 15.2 Å². The van der Waals surface area contributed by atoms with Crippen LogP contribution in [0.3, 0.4) is 0 Å². The number of amides is 1. The Morgan fingerprint density at radius 2 is 1.88 bits per heavy atom. The molecule has 2 heterocycles. The smallest absolute Gasteiger partial charge is 0.232 e. The summed E-state index contributed by atoms with van der Waals surface area (Å²) in [5, 5.41) is 11.2. The molecular weight excluding hydrogens is 366 g/mol. The molecular formula is C18H19N5OS2. The summed E-state index contributed by atoms with van der Waals surface area (Å²) in [5.74, 6) is 0. The molecule has 1 amide bonds. The highest BCUT2D eigenvalue weighted by molar-refractivity contribution is 7.99. The van der Waals surface area contributed by atoms with E-state index < -0.39 is 0 Å². The Labute approximate surface area is 160 Å². The van der Waals surface area contributed by atoms with Gasteiger partial charge in [0.25, 0.3) is 0 Å². The number of nitrogens with zero attached hydrogens (tertiary/aromatic N) is 4. The van der Waals surface area contributed by atoms with Crippen LogP contribution in [-0.4, -0.2) is 21.6 Å². The molecule has 6 nitrogen and oxygen atoms in total. The number of anilines is 2. The summed E-state index contributed by atoms with van der Waals surface area (Å²) in [6.45, 7) is 6.23. The number of carbonyl (C=O) groups is 1. The van der Waals surface area contributed by atoms with Gasteiger partial charge in [-0.15, -0.1) is 10.2 Å². The number of aromatic nitrogens is 3.